The molecule has 0 radical (unpaired) electrons. The molecule has 0 bridgehead atoms. The zero-order chi connectivity index (χ0) is 13.9. The van der Waals surface area contributed by atoms with E-state index in [9.17, 15) is 13.2 Å². The van der Waals surface area contributed by atoms with Crippen molar-refractivity contribution >= 4 is 27.1 Å². The molecule has 1 amide bonds. The summed E-state index contributed by atoms with van der Waals surface area (Å²) in [4.78, 5) is 10.9. The maximum Gasteiger partial charge on any atom is 0.221 e. The number of sulfone groups is 1. The van der Waals surface area contributed by atoms with Crippen molar-refractivity contribution in [2.75, 3.05) is 22.1 Å². The molecule has 2 rings (SSSR count). The molecule has 1 aromatic rings. The topological polar surface area (TPSA) is 75.3 Å². The maximum atomic E-state index is 11.3. The molecule has 0 aromatic heterocycles. The van der Waals surface area contributed by atoms with Gasteiger partial charge in [0.15, 0.2) is 0 Å². The third-order valence-electron chi connectivity index (χ3n) is 3.13. The van der Waals surface area contributed by atoms with E-state index in [0.29, 0.717) is 12.8 Å². The van der Waals surface area contributed by atoms with Gasteiger partial charge in [-0.05, 0) is 37.1 Å². The monoisotopic (exact) mass is 282 g/mol. The molecule has 0 atom stereocenters. The highest BCUT2D eigenvalue weighted by atomic mass is 32.2. The average Bonchev–Trinajstić information content (AvgIpc) is 2.34. The molecule has 0 saturated carbocycles. The number of rotatable bonds is 3. The van der Waals surface area contributed by atoms with Gasteiger partial charge in [0.2, 0.25) is 5.91 Å². The molecular formula is C13H18N2O3S. The summed E-state index contributed by atoms with van der Waals surface area (Å²) >= 11 is 0. The highest BCUT2D eigenvalue weighted by Gasteiger charge is 2.23. The third kappa shape index (κ3) is 4.24. The summed E-state index contributed by atoms with van der Waals surface area (Å²) in [5.41, 5.74) is 1.70. The Kier molecular flexibility index (Phi) is 4.09. The van der Waals surface area contributed by atoms with Crippen molar-refractivity contribution < 1.29 is 13.2 Å². The van der Waals surface area contributed by atoms with Gasteiger partial charge in [0.1, 0.15) is 9.84 Å². The summed E-state index contributed by atoms with van der Waals surface area (Å²) < 4.78 is 22.7. The zero-order valence-electron chi connectivity index (χ0n) is 10.8. The van der Waals surface area contributed by atoms with Crippen LogP contribution in [0.3, 0.4) is 0 Å². The Bertz CT molecular complexity index is 538. The lowest BCUT2D eigenvalue weighted by molar-refractivity contribution is -0.114. The van der Waals surface area contributed by atoms with Crippen LogP contribution >= 0.6 is 0 Å². The second-order valence-corrected chi connectivity index (χ2v) is 7.13. The van der Waals surface area contributed by atoms with Gasteiger partial charge in [-0.25, -0.2) is 8.42 Å². The maximum absolute atomic E-state index is 11.3. The van der Waals surface area contributed by atoms with E-state index < -0.39 is 9.84 Å². The summed E-state index contributed by atoms with van der Waals surface area (Å²) in [7, 11) is -2.82. The number of hydrogen-bond donors (Lipinski definition) is 2. The Morgan fingerprint density at radius 1 is 1.11 bits per heavy atom. The fourth-order valence-electron chi connectivity index (χ4n) is 2.12. The van der Waals surface area contributed by atoms with Gasteiger partial charge >= 0.3 is 0 Å². The fourth-order valence-corrected chi connectivity index (χ4v) is 3.61. The predicted molar refractivity (Wildman–Crippen MR) is 76.0 cm³/mol. The van der Waals surface area contributed by atoms with Crippen LogP contribution in [0.15, 0.2) is 24.3 Å². The molecule has 104 valence electrons. The molecule has 0 unspecified atom stereocenters. The van der Waals surface area contributed by atoms with E-state index in [1.807, 2.05) is 24.3 Å². The van der Waals surface area contributed by atoms with Crippen molar-refractivity contribution in [3.63, 3.8) is 0 Å². The van der Waals surface area contributed by atoms with Crippen LogP contribution in [0.4, 0.5) is 11.4 Å². The highest BCUT2D eigenvalue weighted by molar-refractivity contribution is 7.91. The molecule has 6 heteroatoms. The summed E-state index contributed by atoms with van der Waals surface area (Å²) in [5, 5.41) is 6.02. The molecule has 1 aliphatic rings. The Morgan fingerprint density at radius 2 is 1.63 bits per heavy atom. The number of amides is 1. The van der Waals surface area contributed by atoms with Crippen LogP contribution in [0.25, 0.3) is 0 Å². The highest BCUT2D eigenvalue weighted by Crippen LogP contribution is 2.19. The SMILES string of the molecule is CC(=O)Nc1ccc(NC2CCS(=O)(=O)CC2)cc1. The lowest BCUT2D eigenvalue weighted by Crippen LogP contribution is -2.32. The van der Waals surface area contributed by atoms with Crippen LogP contribution in [-0.2, 0) is 14.6 Å². The van der Waals surface area contributed by atoms with Gasteiger partial charge in [0.05, 0.1) is 11.5 Å². The summed E-state index contributed by atoms with van der Waals surface area (Å²) in [6.45, 7) is 1.47. The van der Waals surface area contributed by atoms with Crippen LogP contribution in [0.5, 0.6) is 0 Å². The third-order valence-corrected chi connectivity index (χ3v) is 4.85. The molecule has 2 N–H and O–H groups in total. The molecule has 0 aliphatic carbocycles. The predicted octanol–water partition coefficient (Wildman–Crippen LogP) is 1.63. The molecular weight excluding hydrogens is 264 g/mol. The first-order valence-electron chi connectivity index (χ1n) is 6.29. The minimum atomic E-state index is -2.82. The van der Waals surface area contributed by atoms with Gasteiger partial charge in [-0.3, -0.25) is 4.79 Å². The van der Waals surface area contributed by atoms with Crippen LogP contribution in [0.1, 0.15) is 19.8 Å². The summed E-state index contributed by atoms with van der Waals surface area (Å²) in [5.74, 6) is 0.418. The molecule has 1 fully saturated rings. The van der Waals surface area contributed by atoms with Gasteiger partial charge in [-0.15, -0.1) is 0 Å². The van der Waals surface area contributed by atoms with Crippen LogP contribution in [-0.4, -0.2) is 31.9 Å². The molecule has 5 nitrogen and oxygen atoms in total. The lowest BCUT2D eigenvalue weighted by Gasteiger charge is -2.24. The number of anilines is 2. The Morgan fingerprint density at radius 3 is 2.16 bits per heavy atom. The molecule has 0 spiro atoms. The minimum absolute atomic E-state index is 0.0989. The van der Waals surface area contributed by atoms with E-state index in [2.05, 4.69) is 10.6 Å². The van der Waals surface area contributed by atoms with E-state index >= 15 is 0 Å². The van der Waals surface area contributed by atoms with E-state index in [1.165, 1.54) is 6.92 Å². The van der Waals surface area contributed by atoms with Crippen molar-refractivity contribution in [2.24, 2.45) is 0 Å². The van der Waals surface area contributed by atoms with Gasteiger partial charge in [-0.2, -0.15) is 0 Å². The Hall–Kier alpha value is -1.56. The normalized spacial score (nSPS) is 18.8. The first kappa shape index (κ1) is 13.9. The van der Waals surface area contributed by atoms with E-state index in [-0.39, 0.29) is 23.5 Å². The summed E-state index contributed by atoms with van der Waals surface area (Å²) in [6.07, 6.45) is 1.30. The molecule has 1 aliphatic heterocycles. The first-order chi connectivity index (χ1) is 8.94. The first-order valence-corrected chi connectivity index (χ1v) is 8.11. The second-order valence-electron chi connectivity index (χ2n) is 4.83. The van der Waals surface area contributed by atoms with Crippen molar-refractivity contribution in [3.05, 3.63) is 24.3 Å². The number of carbonyl (C=O) groups is 1. The number of hydrogen-bond acceptors (Lipinski definition) is 4. The number of carbonyl (C=O) groups excluding carboxylic acids is 1. The van der Waals surface area contributed by atoms with E-state index in [1.54, 1.807) is 0 Å². The quantitative estimate of drug-likeness (QED) is 0.883. The summed E-state index contributed by atoms with van der Waals surface area (Å²) in [6, 6.07) is 7.62. The van der Waals surface area contributed by atoms with Gasteiger partial charge in [-0.1, -0.05) is 0 Å². The van der Waals surface area contributed by atoms with Crippen molar-refractivity contribution in [2.45, 2.75) is 25.8 Å². The number of nitrogens with one attached hydrogen (secondary N) is 2. The molecule has 1 aromatic carbocycles. The minimum Gasteiger partial charge on any atom is -0.382 e. The standard InChI is InChI=1S/C13H18N2O3S/c1-10(16)14-11-2-4-12(5-3-11)15-13-6-8-19(17,18)9-7-13/h2-5,13,15H,6-9H2,1H3,(H,14,16). The Labute approximate surface area is 113 Å². The van der Waals surface area contributed by atoms with Crippen LogP contribution in [0.2, 0.25) is 0 Å². The average molecular weight is 282 g/mol. The van der Waals surface area contributed by atoms with Crippen LogP contribution < -0.4 is 10.6 Å². The van der Waals surface area contributed by atoms with Crippen molar-refractivity contribution in [3.8, 4) is 0 Å². The van der Waals surface area contributed by atoms with Gasteiger partial charge in [0, 0.05) is 24.3 Å². The Balaban J connectivity index is 1.91. The van der Waals surface area contributed by atoms with Gasteiger partial charge < -0.3 is 10.6 Å². The van der Waals surface area contributed by atoms with E-state index in [0.717, 1.165) is 11.4 Å². The number of benzene rings is 1. The lowest BCUT2D eigenvalue weighted by atomic mass is 10.1. The molecule has 19 heavy (non-hydrogen) atoms. The smallest absolute Gasteiger partial charge is 0.221 e. The largest absolute Gasteiger partial charge is 0.382 e. The fraction of sp³-hybridized carbons (Fsp3) is 0.462. The van der Waals surface area contributed by atoms with Crippen molar-refractivity contribution in [1.29, 1.82) is 0 Å². The van der Waals surface area contributed by atoms with Crippen molar-refractivity contribution in [1.82, 2.24) is 0 Å². The van der Waals surface area contributed by atoms with E-state index in [4.69, 9.17) is 0 Å². The van der Waals surface area contributed by atoms with Crippen LogP contribution in [0, 0.1) is 0 Å². The molecule has 1 heterocycles. The molecule has 1 saturated heterocycles. The second kappa shape index (κ2) is 5.61. The van der Waals surface area contributed by atoms with Gasteiger partial charge in [0.25, 0.3) is 0 Å². The zero-order valence-corrected chi connectivity index (χ0v) is 11.7.